The first-order chi connectivity index (χ1) is 20.3. The monoisotopic (exact) mass is 560 g/mol. The molecule has 2 nitrogen and oxygen atoms in total. The average molecular weight is 561 g/mol. The van der Waals surface area contributed by atoms with Crippen molar-refractivity contribution in [1.82, 2.24) is 0 Å². The Hall–Kier alpha value is -3.96. The zero-order valence-corrected chi connectivity index (χ0v) is 24.9. The first kappa shape index (κ1) is 24.6. The van der Waals surface area contributed by atoms with Crippen molar-refractivity contribution in [2.45, 2.75) is 38.9 Å². The van der Waals surface area contributed by atoms with E-state index in [1.807, 2.05) is 11.3 Å². The zero-order valence-electron chi connectivity index (χ0n) is 24.1. The van der Waals surface area contributed by atoms with Crippen molar-refractivity contribution >= 4 is 98.0 Å². The molecule has 4 heteroatoms. The van der Waals surface area contributed by atoms with E-state index in [0.717, 1.165) is 5.46 Å². The molecule has 7 aromatic carbocycles. The standard InChI is InChI=1S/C38H29BO2S/c1-37(2)38(3,4)41-39(40-37)22-17-18-27-30(19-22)25-13-5-6-14-26(25)31-20-33-34(21-32(27)31)42-36-29-16-10-8-12-24(29)23-11-7-9-15-28(23)35(33)36/h5-21H,1-4H3. The van der Waals surface area contributed by atoms with Crippen LogP contribution in [0.25, 0.3) is 74.0 Å². The van der Waals surface area contributed by atoms with Crippen LogP contribution in [0.4, 0.5) is 0 Å². The van der Waals surface area contributed by atoms with E-state index in [2.05, 4.69) is 131 Å². The van der Waals surface area contributed by atoms with E-state index in [1.165, 1.54) is 74.0 Å². The molecule has 42 heavy (non-hydrogen) atoms. The molecule has 1 fully saturated rings. The molecule has 1 aliphatic heterocycles. The van der Waals surface area contributed by atoms with Gasteiger partial charge in [0.25, 0.3) is 0 Å². The summed E-state index contributed by atoms with van der Waals surface area (Å²) in [4.78, 5) is 0. The summed E-state index contributed by atoms with van der Waals surface area (Å²) < 4.78 is 15.6. The lowest BCUT2D eigenvalue weighted by atomic mass is 9.77. The molecule has 9 rings (SSSR count). The van der Waals surface area contributed by atoms with Crippen molar-refractivity contribution in [3.63, 3.8) is 0 Å². The number of rotatable bonds is 1. The summed E-state index contributed by atoms with van der Waals surface area (Å²) in [5.41, 5.74) is 0.310. The minimum Gasteiger partial charge on any atom is -0.399 e. The first-order valence-corrected chi connectivity index (χ1v) is 15.5. The summed E-state index contributed by atoms with van der Waals surface area (Å²) >= 11 is 1.92. The highest BCUT2D eigenvalue weighted by atomic mass is 32.1. The highest BCUT2D eigenvalue weighted by molar-refractivity contribution is 7.27. The Morgan fingerprint density at radius 3 is 1.60 bits per heavy atom. The average Bonchev–Trinajstić information content (AvgIpc) is 3.49. The maximum atomic E-state index is 6.44. The molecule has 0 bridgehead atoms. The molecule has 1 aromatic heterocycles. The molecular formula is C38H29BO2S. The molecular weight excluding hydrogens is 531 g/mol. The van der Waals surface area contributed by atoms with E-state index in [-0.39, 0.29) is 18.3 Å². The van der Waals surface area contributed by atoms with Crippen LogP contribution in [0.1, 0.15) is 27.7 Å². The Bertz CT molecular complexity index is 2420. The van der Waals surface area contributed by atoms with Crippen LogP contribution in [0.2, 0.25) is 0 Å². The summed E-state index contributed by atoms with van der Waals surface area (Å²) in [6.45, 7) is 8.44. The topological polar surface area (TPSA) is 18.5 Å². The second-order valence-corrected chi connectivity index (χ2v) is 13.8. The van der Waals surface area contributed by atoms with Crippen molar-refractivity contribution in [1.29, 1.82) is 0 Å². The molecule has 0 aliphatic carbocycles. The molecule has 2 heterocycles. The Labute approximate surface area is 248 Å². The summed E-state index contributed by atoms with van der Waals surface area (Å²) in [7, 11) is -0.388. The van der Waals surface area contributed by atoms with Gasteiger partial charge in [-0.15, -0.1) is 11.3 Å². The fourth-order valence-corrected chi connectivity index (χ4v) is 8.27. The highest BCUT2D eigenvalue weighted by Crippen LogP contribution is 2.47. The van der Waals surface area contributed by atoms with Crippen LogP contribution < -0.4 is 5.46 Å². The van der Waals surface area contributed by atoms with E-state index in [1.54, 1.807) is 0 Å². The quantitative estimate of drug-likeness (QED) is 0.147. The molecule has 202 valence electrons. The van der Waals surface area contributed by atoms with Crippen molar-refractivity contribution in [3.8, 4) is 0 Å². The predicted molar refractivity (Wildman–Crippen MR) is 183 cm³/mol. The summed E-state index contributed by atoms with van der Waals surface area (Å²) in [5.74, 6) is 0. The van der Waals surface area contributed by atoms with E-state index in [0.29, 0.717) is 0 Å². The fraction of sp³-hybridized carbons (Fsp3) is 0.158. The van der Waals surface area contributed by atoms with Gasteiger partial charge in [0, 0.05) is 25.6 Å². The van der Waals surface area contributed by atoms with Crippen LogP contribution in [0, 0.1) is 0 Å². The normalized spacial score (nSPS) is 16.7. The predicted octanol–water partition coefficient (Wildman–Crippen LogP) is 10.1. The van der Waals surface area contributed by atoms with E-state index in [4.69, 9.17) is 9.31 Å². The molecule has 0 amide bonds. The number of fused-ring (bicyclic) bond motifs is 14. The second kappa shape index (κ2) is 8.32. The van der Waals surface area contributed by atoms with Gasteiger partial charge in [-0.1, -0.05) is 91.0 Å². The van der Waals surface area contributed by atoms with Crippen molar-refractivity contribution in [2.75, 3.05) is 0 Å². The minimum atomic E-state index is -0.388. The van der Waals surface area contributed by atoms with Crippen LogP contribution in [-0.4, -0.2) is 18.3 Å². The third kappa shape index (κ3) is 3.23. The third-order valence-corrected chi connectivity index (χ3v) is 11.0. The Morgan fingerprint density at radius 1 is 0.476 bits per heavy atom. The number of hydrogen-bond acceptors (Lipinski definition) is 3. The molecule has 1 aliphatic rings. The summed E-state index contributed by atoms with van der Waals surface area (Å²) in [6, 6.07) is 38.2. The molecule has 1 saturated heterocycles. The van der Waals surface area contributed by atoms with Gasteiger partial charge in [-0.25, -0.2) is 0 Å². The maximum Gasteiger partial charge on any atom is 0.494 e. The zero-order chi connectivity index (χ0) is 28.4. The fourth-order valence-electron chi connectivity index (χ4n) is 7.00. The van der Waals surface area contributed by atoms with Crippen LogP contribution in [0.15, 0.2) is 103 Å². The second-order valence-electron chi connectivity index (χ2n) is 12.7. The van der Waals surface area contributed by atoms with Crippen LogP contribution in [-0.2, 0) is 9.31 Å². The van der Waals surface area contributed by atoms with Crippen molar-refractivity contribution < 1.29 is 9.31 Å². The van der Waals surface area contributed by atoms with Gasteiger partial charge in [0.05, 0.1) is 11.2 Å². The molecule has 0 N–H and O–H groups in total. The lowest BCUT2D eigenvalue weighted by Gasteiger charge is -2.32. The van der Waals surface area contributed by atoms with Crippen LogP contribution in [0.5, 0.6) is 0 Å². The lowest BCUT2D eigenvalue weighted by Crippen LogP contribution is -2.41. The first-order valence-electron chi connectivity index (χ1n) is 14.7. The molecule has 0 saturated carbocycles. The van der Waals surface area contributed by atoms with E-state index in [9.17, 15) is 0 Å². The summed E-state index contributed by atoms with van der Waals surface area (Å²) in [6.07, 6.45) is 0. The molecule has 0 spiro atoms. The molecule has 0 radical (unpaired) electrons. The summed E-state index contributed by atoms with van der Waals surface area (Å²) in [5, 5.41) is 15.6. The van der Waals surface area contributed by atoms with Crippen molar-refractivity contribution in [2.24, 2.45) is 0 Å². The van der Waals surface area contributed by atoms with Crippen LogP contribution in [0.3, 0.4) is 0 Å². The lowest BCUT2D eigenvalue weighted by molar-refractivity contribution is 0.00578. The number of thiophene rings is 1. The van der Waals surface area contributed by atoms with Gasteiger partial charge in [0.2, 0.25) is 0 Å². The minimum absolute atomic E-state index is 0.376. The van der Waals surface area contributed by atoms with Crippen molar-refractivity contribution in [3.05, 3.63) is 103 Å². The smallest absolute Gasteiger partial charge is 0.399 e. The van der Waals surface area contributed by atoms with Gasteiger partial charge in [-0.2, -0.15) is 0 Å². The Kier molecular flexibility index (Phi) is 4.88. The highest BCUT2D eigenvalue weighted by Gasteiger charge is 2.51. The van der Waals surface area contributed by atoms with Gasteiger partial charge in [0.1, 0.15) is 0 Å². The van der Waals surface area contributed by atoms with E-state index < -0.39 is 0 Å². The number of hydrogen-bond donors (Lipinski definition) is 0. The van der Waals surface area contributed by atoms with Gasteiger partial charge in [-0.05, 0) is 93.8 Å². The van der Waals surface area contributed by atoms with E-state index >= 15 is 0 Å². The molecule has 0 unspecified atom stereocenters. The van der Waals surface area contributed by atoms with Gasteiger partial charge < -0.3 is 9.31 Å². The third-order valence-electron chi connectivity index (χ3n) is 9.85. The number of benzene rings is 7. The SMILES string of the molecule is CC1(C)OB(c2ccc3c(c2)c2ccccc2c2cc4c(cc32)sc2c3ccccc3c3ccccc3c42)OC1(C)C. The van der Waals surface area contributed by atoms with Gasteiger partial charge in [0.15, 0.2) is 0 Å². The Morgan fingerprint density at radius 2 is 0.952 bits per heavy atom. The van der Waals surface area contributed by atoms with Crippen LogP contribution >= 0.6 is 11.3 Å². The molecule has 8 aromatic rings. The maximum absolute atomic E-state index is 6.44. The molecule has 0 atom stereocenters. The van der Waals surface area contributed by atoms with Gasteiger partial charge >= 0.3 is 7.12 Å². The van der Waals surface area contributed by atoms with Gasteiger partial charge in [-0.3, -0.25) is 0 Å². The largest absolute Gasteiger partial charge is 0.494 e. The Balaban J connectivity index is 1.38.